The maximum atomic E-state index is 14.4. The van der Waals surface area contributed by atoms with E-state index in [0.29, 0.717) is 43.4 Å². The number of aromatic nitrogens is 3. The molecule has 2 fully saturated rings. The number of benzene rings is 1. The molecule has 0 aliphatic carbocycles. The maximum absolute atomic E-state index is 14.4. The Balaban J connectivity index is 1.19. The Kier molecular flexibility index (Phi) is 8.92. The van der Waals surface area contributed by atoms with Gasteiger partial charge < -0.3 is 10.2 Å². The van der Waals surface area contributed by atoms with Gasteiger partial charge in [0.05, 0.1) is 33.1 Å². The lowest BCUT2D eigenvalue weighted by atomic mass is 9.97. The fourth-order valence-electron chi connectivity index (χ4n) is 4.85. The van der Waals surface area contributed by atoms with Gasteiger partial charge in [0, 0.05) is 37.5 Å². The van der Waals surface area contributed by atoms with Gasteiger partial charge in [-0.2, -0.15) is 26.3 Å². The molecule has 2 aliphatic rings. The van der Waals surface area contributed by atoms with Gasteiger partial charge >= 0.3 is 12.4 Å². The maximum Gasteiger partial charge on any atom is 0.417 e. The summed E-state index contributed by atoms with van der Waals surface area (Å²) in [5, 5.41) is 4.87. The number of hydrogen-bond acceptors (Lipinski definition) is 8. The zero-order chi connectivity index (χ0) is 31.6. The van der Waals surface area contributed by atoms with E-state index >= 15 is 0 Å². The Morgan fingerprint density at radius 2 is 1.75 bits per heavy atom. The molecule has 2 aliphatic heterocycles. The topological polar surface area (TPSA) is 100 Å². The van der Waals surface area contributed by atoms with Crippen LogP contribution in [0.5, 0.6) is 0 Å². The highest BCUT2D eigenvalue weighted by atomic mass is 32.2. The Morgan fingerprint density at radius 3 is 2.41 bits per heavy atom. The highest BCUT2D eigenvalue weighted by Crippen LogP contribution is 2.40. The van der Waals surface area contributed by atoms with E-state index in [-0.39, 0.29) is 29.1 Å². The van der Waals surface area contributed by atoms with Gasteiger partial charge in [-0.05, 0) is 67.4 Å². The van der Waals surface area contributed by atoms with Crippen molar-refractivity contribution in [2.45, 2.75) is 31.7 Å². The van der Waals surface area contributed by atoms with Crippen molar-refractivity contribution in [3.8, 4) is 11.3 Å². The van der Waals surface area contributed by atoms with Crippen LogP contribution in [0, 0.1) is 11.7 Å². The van der Waals surface area contributed by atoms with Crippen LogP contribution in [-0.4, -0.2) is 45.7 Å². The van der Waals surface area contributed by atoms with Crippen LogP contribution in [-0.2, 0) is 23.7 Å². The fourth-order valence-corrected chi connectivity index (χ4v) is 5.52. The Labute approximate surface area is 250 Å². The Morgan fingerprint density at radius 1 is 1.00 bits per heavy atom. The average Bonchev–Trinajstić information content (AvgIpc) is 3.27. The lowest BCUT2D eigenvalue weighted by Gasteiger charge is -2.32. The first-order valence-electron chi connectivity index (χ1n) is 13.2. The molecule has 44 heavy (non-hydrogen) atoms. The highest BCUT2D eigenvalue weighted by molar-refractivity contribution is 8.18. The number of anilines is 1. The van der Waals surface area contributed by atoms with Crippen molar-refractivity contribution in [2.75, 3.05) is 24.5 Å². The van der Waals surface area contributed by atoms with Crippen molar-refractivity contribution >= 4 is 34.9 Å². The fraction of sp³-hybridized carbons (Fsp3) is 0.321. The summed E-state index contributed by atoms with van der Waals surface area (Å²) in [5.74, 6) is -0.673. The minimum atomic E-state index is -5.12. The lowest BCUT2D eigenvalue weighted by molar-refractivity contribution is -0.142. The minimum Gasteiger partial charge on any atom is -0.341 e. The third kappa shape index (κ3) is 7.53. The summed E-state index contributed by atoms with van der Waals surface area (Å²) < 4.78 is 94.4. The number of thioether (sulfide) groups is 1. The number of carbonyl (C=O) groups excluding carboxylic acids is 2. The van der Waals surface area contributed by atoms with Gasteiger partial charge in [0.15, 0.2) is 0 Å². The molecule has 2 N–H and O–H groups in total. The van der Waals surface area contributed by atoms with Gasteiger partial charge in [-0.1, -0.05) is 6.07 Å². The smallest absolute Gasteiger partial charge is 0.341 e. The van der Waals surface area contributed by atoms with E-state index in [1.165, 1.54) is 6.08 Å². The van der Waals surface area contributed by atoms with E-state index in [2.05, 4.69) is 25.6 Å². The summed E-state index contributed by atoms with van der Waals surface area (Å²) in [5.41, 5.74) is -3.52. The average molecular weight is 641 g/mol. The minimum absolute atomic E-state index is 0.0000136. The number of halogens is 7. The van der Waals surface area contributed by atoms with Gasteiger partial charge in [0.2, 0.25) is 5.95 Å². The number of imide groups is 1. The van der Waals surface area contributed by atoms with Crippen molar-refractivity contribution in [3.05, 3.63) is 75.8 Å². The zero-order valence-corrected chi connectivity index (χ0v) is 23.4. The standard InChI is InChI=1S/C28H23F7N6O2S/c29-17-10-19(38-22(11-17)20-2-1-16(27(30,31)32)9-21(20)28(33,34)35)14-36-13-15-4-7-41(8-5-15)25-37-6-3-18(39-25)12-23-24(42)40-26(43)44-23/h1-3,6,9-12,15,36H,4-5,7-8,13-14H2,(H,40,42,43). The van der Waals surface area contributed by atoms with Crippen LogP contribution in [0.4, 0.5) is 41.5 Å². The molecular weight excluding hydrogens is 617 g/mol. The van der Waals surface area contributed by atoms with E-state index in [0.717, 1.165) is 36.7 Å². The van der Waals surface area contributed by atoms with Gasteiger partial charge in [0.1, 0.15) is 5.82 Å². The summed E-state index contributed by atoms with van der Waals surface area (Å²) in [6.07, 6.45) is -5.53. The summed E-state index contributed by atoms with van der Waals surface area (Å²) in [6, 6.07) is 4.59. The number of nitrogens with one attached hydrogen (secondary N) is 2. The second-order valence-corrected chi connectivity index (χ2v) is 11.1. The van der Waals surface area contributed by atoms with Gasteiger partial charge in [-0.25, -0.2) is 14.4 Å². The first kappa shape index (κ1) is 31.4. The van der Waals surface area contributed by atoms with Crippen molar-refractivity contribution in [2.24, 2.45) is 5.92 Å². The summed E-state index contributed by atoms with van der Waals surface area (Å²) in [7, 11) is 0. The predicted molar refractivity (Wildman–Crippen MR) is 147 cm³/mol. The molecule has 0 atom stereocenters. The van der Waals surface area contributed by atoms with Crippen molar-refractivity contribution < 1.29 is 40.3 Å². The molecule has 16 heteroatoms. The van der Waals surface area contributed by atoms with Crippen LogP contribution in [0.1, 0.15) is 35.4 Å². The molecule has 0 spiro atoms. The van der Waals surface area contributed by atoms with Crippen molar-refractivity contribution in [3.63, 3.8) is 0 Å². The molecule has 2 aromatic heterocycles. The molecule has 0 radical (unpaired) electrons. The van der Waals surface area contributed by atoms with Crippen molar-refractivity contribution in [1.82, 2.24) is 25.6 Å². The largest absolute Gasteiger partial charge is 0.417 e. The third-order valence-electron chi connectivity index (χ3n) is 6.99. The van der Waals surface area contributed by atoms with E-state index in [4.69, 9.17) is 0 Å². The molecule has 4 heterocycles. The third-order valence-corrected chi connectivity index (χ3v) is 7.80. The van der Waals surface area contributed by atoms with Crippen LogP contribution < -0.4 is 15.5 Å². The number of pyridine rings is 1. The lowest BCUT2D eigenvalue weighted by Crippen LogP contribution is -2.38. The SMILES string of the molecule is O=C1NC(=O)C(=Cc2ccnc(N3CCC(CNCc4cc(F)cc(-c5ccc(C(F)(F)F)cc5C(F)(F)F)n4)CC3)n2)S1. The second kappa shape index (κ2) is 12.5. The van der Waals surface area contributed by atoms with Gasteiger partial charge in [0.25, 0.3) is 11.1 Å². The van der Waals surface area contributed by atoms with E-state index in [1.807, 2.05) is 4.90 Å². The molecule has 0 bridgehead atoms. The molecule has 1 aromatic carbocycles. The Bertz CT molecular complexity index is 1600. The number of amides is 2. The number of piperidine rings is 1. The number of hydrogen-bond donors (Lipinski definition) is 2. The predicted octanol–water partition coefficient (Wildman–Crippen LogP) is 6.05. The second-order valence-electron chi connectivity index (χ2n) is 10.1. The first-order chi connectivity index (χ1) is 20.8. The molecule has 2 amide bonds. The molecule has 2 saturated heterocycles. The number of rotatable bonds is 7. The van der Waals surface area contributed by atoms with Gasteiger partial charge in [-0.3, -0.25) is 19.9 Å². The monoisotopic (exact) mass is 640 g/mol. The summed E-state index contributed by atoms with van der Waals surface area (Å²) in [4.78, 5) is 38.3. The molecule has 0 unspecified atom stereocenters. The molecule has 8 nitrogen and oxygen atoms in total. The van der Waals surface area contributed by atoms with Gasteiger partial charge in [-0.15, -0.1) is 0 Å². The summed E-state index contributed by atoms with van der Waals surface area (Å²) in [6.45, 7) is 1.77. The molecule has 3 aromatic rings. The van der Waals surface area contributed by atoms with E-state index in [1.54, 1.807) is 12.3 Å². The normalized spacial score (nSPS) is 17.4. The molecular formula is C28H23F7N6O2S. The molecule has 5 rings (SSSR count). The Hall–Kier alpha value is -4.05. The zero-order valence-electron chi connectivity index (χ0n) is 22.6. The van der Waals surface area contributed by atoms with Crippen LogP contribution in [0.2, 0.25) is 0 Å². The number of nitrogens with zero attached hydrogens (tertiary/aromatic N) is 4. The summed E-state index contributed by atoms with van der Waals surface area (Å²) >= 11 is 0.792. The van der Waals surface area contributed by atoms with Crippen LogP contribution in [0.3, 0.4) is 0 Å². The van der Waals surface area contributed by atoms with Crippen LogP contribution >= 0.6 is 11.8 Å². The van der Waals surface area contributed by atoms with Crippen molar-refractivity contribution in [1.29, 1.82) is 0 Å². The molecule has 232 valence electrons. The van der Waals surface area contributed by atoms with E-state index in [9.17, 15) is 40.3 Å². The van der Waals surface area contributed by atoms with E-state index < -0.39 is 51.7 Å². The highest BCUT2D eigenvalue weighted by Gasteiger charge is 2.38. The van der Waals surface area contributed by atoms with Crippen LogP contribution in [0.25, 0.3) is 17.3 Å². The molecule has 0 saturated carbocycles. The first-order valence-corrected chi connectivity index (χ1v) is 14.1. The number of carbonyl (C=O) groups is 2. The number of alkyl halides is 6. The quantitative estimate of drug-likeness (QED) is 0.238. The van der Waals surface area contributed by atoms with Crippen LogP contribution in [0.15, 0.2) is 47.5 Å².